The van der Waals surface area contributed by atoms with Crippen LogP contribution in [0, 0.1) is 5.92 Å². The van der Waals surface area contributed by atoms with Gasteiger partial charge in [0.1, 0.15) is 11.5 Å². The lowest BCUT2D eigenvalue weighted by Crippen LogP contribution is -2.38. The predicted molar refractivity (Wildman–Crippen MR) is 68.0 cm³/mol. The Labute approximate surface area is 102 Å². The molecular weight excluding hydrogens is 216 g/mol. The molecule has 0 radical (unpaired) electrons. The van der Waals surface area contributed by atoms with Crippen LogP contribution in [-0.4, -0.2) is 40.9 Å². The fourth-order valence-corrected chi connectivity index (χ4v) is 1.38. The van der Waals surface area contributed by atoms with Gasteiger partial charge in [-0.15, -0.1) is 0 Å². The normalized spacial score (nSPS) is 12.4. The average molecular weight is 236 g/mol. The van der Waals surface area contributed by atoms with Crippen LogP contribution >= 0.6 is 0 Å². The van der Waals surface area contributed by atoms with Gasteiger partial charge in [0.25, 0.3) is 5.91 Å². The third-order valence-corrected chi connectivity index (χ3v) is 3.02. The van der Waals surface area contributed by atoms with Crippen molar-refractivity contribution in [2.24, 2.45) is 5.92 Å². The first-order chi connectivity index (χ1) is 7.97. The lowest BCUT2D eigenvalue weighted by Gasteiger charge is -2.27. The maximum absolute atomic E-state index is 12.1. The number of carbonyl (C=O) groups excluding carboxylic acids is 1. The van der Waals surface area contributed by atoms with Gasteiger partial charge in [-0.2, -0.15) is 0 Å². The van der Waals surface area contributed by atoms with Crippen molar-refractivity contribution in [1.29, 1.82) is 0 Å². The van der Waals surface area contributed by atoms with Crippen LogP contribution in [0.25, 0.3) is 0 Å². The number of amides is 1. The molecule has 5 heteroatoms. The fourth-order valence-electron chi connectivity index (χ4n) is 1.38. The molecule has 0 aromatic carbocycles. The highest BCUT2D eigenvalue weighted by molar-refractivity contribution is 5.92. The Morgan fingerprint density at radius 1 is 1.29 bits per heavy atom. The molecule has 0 spiro atoms. The van der Waals surface area contributed by atoms with E-state index in [1.54, 1.807) is 25.2 Å². The van der Waals surface area contributed by atoms with Crippen LogP contribution in [0.5, 0.6) is 0 Å². The van der Waals surface area contributed by atoms with Gasteiger partial charge in [0.15, 0.2) is 0 Å². The number of carbonyl (C=O) groups is 1. The molecule has 0 saturated carbocycles. The summed E-state index contributed by atoms with van der Waals surface area (Å²) < 4.78 is 0. The van der Waals surface area contributed by atoms with Crippen LogP contribution in [0.3, 0.4) is 0 Å². The molecule has 1 aromatic rings. The number of hydrogen-bond donors (Lipinski definition) is 1. The highest BCUT2D eigenvalue weighted by Gasteiger charge is 2.20. The SMILES string of the molecule is CNc1cnc(C(=O)N(C)C(C)C(C)C)cn1. The second kappa shape index (κ2) is 5.61. The monoisotopic (exact) mass is 236 g/mol. The molecule has 0 fully saturated rings. The molecule has 1 rings (SSSR count). The molecule has 1 amide bonds. The molecule has 5 nitrogen and oxygen atoms in total. The minimum absolute atomic E-state index is 0.0960. The van der Waals surface area contributed by atoms with Crippen molar-refractivity contribution in [3.05, 3.63) is 18.1 Å². The summed E-state index contributed by atoms with van der Waals surface area (Å²) in [6.07, 6.45) is 3.05. The second-order valence-corrected chi connectivity index (χ2v) is 4.44. The zero-order valence-electron chi connectivity index (χ0n) is 11.1. The average Bonchev–Trinajstić information content (AvgIpc) is 2.36. The van der Waals surface area contributed by atoms with Crippen LogP contribution in [-0.2, 0) is 0 Å². The summed E-state index contributed by atoms with van der Waals surface area (Å²) in [5.74, 6) is 0.968. The highest BCUT2D eigenvalue weighted by atomic mass is 16.2. The molecule has 0 saturated heterocycles. The van der Waals surface area contributed by atoms with Gasteiger partial charge in [-0.3, -0.25) is 4.79 Å². The van der Waals surface area contributed by atoms with E-state index in [1.165, 1.54) is 6.20 Å². The quantitative estimate of drug-likeness (QED) is 0.863. The lowest BCUT2D eigenvalue weighted by molar-refractivity contribution is 0.0700. The van der Waals surface area contributed by atoms with E-state index in [-0.39, 0.29) is 11.9 Å². The van der Waals surface area contributed by atoms with E-state index >= 15 is 0 Å². The number of rotatable bonds is 4. The van der Waals surface area contributed by atoms with Crippen molar-refractivity contribution in [1.82, 2.24) is 14.9 Å². The van der Waals surface area contributed by atoms with E-state index in [1.807, 2.05) is 6.92 Å². The van der Waals surface area contributed by atoms with E-state index in [0.29, 0.717) is 17.4 Å². The summed E-state index contributed by atoms with van der Waals surface area (Å²) in [5.41, 5.74) is 0.374. The van der Waals surface area contributed by atoms with Crippen molar-refractivity contribution < 1.29 is 4.79 Å². The fraction of sp³-hybridized carbons (Fsp3) is 0.583. The number of hydrogen-bond acceptors (Lipinski definition) is 4. The molecule has 94 valence electrons. The van der Waals surface area contributed by atoms with Gasteiger partial charge in [-0.05, 0) is 12.8 Å². The lowest BCUT2D eigenvalue weighted by atomic mass is 10.1. The highest BCUT2D eigenvalue weighted by Crippen LogP contribution is 2.11. The van der Waals surface area contributed by atoms with Gasteiger partial charge in [0, 0.05) is 20.1 Å². The Morgan fingerprint density at radius 2 is 1.94 bits per heavy atom. The molecule has 1 heterocycles. The first kappa shape index (κ1) is 13.4. The maximum atomic E-state index is 12.1. The van der Waals surface area contributed by atoms with Crippen molar-refractivity contribution in [3.63, 3.8) is 0 Å². The summed E-state index contributed by atoms with van der Waals surface area (Å²) in [6.45, 7) is 6.20. The predicted octanol–water partition coefficient (Wildman–Crippen LogP) is 1.63. The van der Waals surface area contributed by atoms with Crippen LogP contribution in [0.15, 0.2) is 12.4 Å². The summed E-state index contributed by atoms with van der Waals surface area (Å²) >= 11 is 0. The van der Waals surface area contributed by atoms with Gasteiger partial charge in [-0.25, -0.2) is 9.97 Å². The van der Waals surface area contributed by atoms with Gasteiger partial charge in [0.2, 0.25) is 0 Å². The van der Waals surface area contributed by atoms with E-state index in [0.717, 1.165) is 0 Å². The Hall–Kier alpha value is -1.65. The van der Waals surface area contributed by atoms with Crippen molar-refractivity contribution in [2.75, 3.05) is 19.4 Å². The first-order valence-corrected chi connectivity index (χ1v) is 5.74. The largest absolute Gasteiger partial charge is 0.372 e. The number of aromatic nitrogens is 2. The number of anilines is 1. The minimum atomic E-state index is -0.0960. The Kier molecular flexibility index (Phi) is 4.43. The van der Waals surface area contributed by atoms with Crippen LogP contribution in [0.2, 0.25) is 0 Å². The van der Waals surface area contributed by atoms with Crippen LogP contribution in [0.1, 0.15) is 31.3 Å². The molecule has 0 aliphatic heterocycles. The number of nitrogens with one attached hydrogen (secondary N) is 1. The third-order valence-electron chi connectivity index (χ3n) is 3.02. The van der Waals surface area contributed by atoms with E-state index < -0.39 is 0 Å². The molecule has 0 aliphatic carbocycles. The first-order valence-electron chi connectivity index (χ1n) is 5.74. The Balaban J connectivity index is 2.81. The van der Waals surface area contributed by atoms with Gasteiger partial charge >= 0.3 is 0 Å². The second-order valence-electron chi connectivity index (χ2n) is 4.44. The third kappa shape index (κ3) is 3.15. The molecule has 1 unspecified atom stereocenters. The number of nitrogens with zero attached hydrogens (tertiary/aromatic N) is 3. The Morgan fingerprint density at radius 3 is 2.35 bits per heavy atom. The molecule has 1 atom stereocenters. The van der Waals surface area contributed by atoms with Crippen molar-refractivity contribution in [2.45, 2.75) is 26.8 Å². The van der Waals surface area contributed by atoms with E-state index in [4.69, 9.17) is 0 Å². The van der Waals surface area contributed by atoms with Crippen LogP contribution in [0.4, 0.5) is 5.82 Å². The summed E-state index contributed by atoms with van der Waals surface area (Å²) in [6, 6.07) is 0.174. The maximum Gasteiger partial charge on any atom is 0.274 e. The van der Waals surface area contributed by atoms with E-state index in [9.17, 15) is 4.79 Å². The zero-order valence-corrected chi connectivity index (χ0v) is 11.1. The van der Waals surface area contributed by atoms with Gasteiger partial charge in [-0.1, -0.05) is 13.8 Å². The zero-order chi connectivity index (χ0) is 13.0. The summed E-state index contributed by atoms with van der Waals surface area (Å²) in [4.78, 5) is 22.0. The molecule has 0 bridgehead atoms. The van der Waals surface area contributed by atoms with Gasteiger partial charge < -0.3 is 10.2 Å². The van der Waals surface area contributed by atoms with Gasteiger partial charge in [0.05, 0.1) is 12.4 Å². The van der Waals surface area contributed by atoms with Crippen molar-refractivity contribution in [3.8, 4) is 0 Å². The molecular formula is C12H20N4O. The van der Waals surface area contributed by atoms with E-state index in [2.05, 4.69) is 29.1 Å². The van der Waals surface area contributed by atoms with Crippen LogP contribution < -0.4 is 5.32 Å². The summed E-state index contributed by atoms with van der Waals surface area (Å²) in [5, 5.41) is 2.86. The van der Waals surface area contributed by atoms with Crippen molar-refractivity contribution >= 4 is 11.7 Å². The Bertz CT molecular complexity index is 375. The molecule has 0 aliphatic rings. The molecule has 1 aromatic heterocycles. The standard InChI is InChI=1S/C12H20N4O/c1-8(2)9(3)16(5)12(17)10-6-15-11(13-4)7-14-10/h6-9H,1-5H3,(H,13,15). The smallest absolute Gasteiger partial charge is 0.274 e. The molecule has 17 heavy (non-hydrogen) atoms. The topological polar surface area (TPSA) is 58.1 Å². The minimum Gasteiger partial charge on any atom is -0.372 e. The summed E-state index contributed by atoms with van der Waals surface area (Å²) in [7, 11) is 3.55. The molecule has 1 N–H and O–H groups in total.